The van der Waals surface area contributed by atoms with E-state index in [1.165, 1.54) is 0 Å². The van der Waals surface area contributed by atoms with E-state index in [0.29, 0.717) is 12.1 Å². The van der Waals surface area contributed by atoms with Gasteiger partial charge in [0.15, 0.2) is 11.6 Å². The molecule has 1 heterocycles. The van der Waals surface area contributed by atoms with Crippen molar-refractivity contribution in [2.75, 3.05) is 26.2 Å². The molecule has 1 aromatic rings. The fourth-order valence-electron chi connectivity index (χ4n) is 2.29. The van der Waals surface area contributed by atoms with Gasteiger partial charge in [0.25, 0.3) is 0 Å². The Morgan fingerprint density at radius 1 is 1.00 bits per heavy atom. The summed E-state index contributed by atoms with van der Waals surface area (Å²) in [6.45, 7) is 0.482. The third-order valence-electron chi connectivity index (χ3n) is 3.18. The summed E-state index contributed by atoms with van der Waals surface area (Å²) >= 11 is 0. The Kier molecular flexibility index (Phi) is 5.89. The minimum Gasteiger partial charge on any atom is -0.314 e. The van der Waals surface area contributed by atoms with Crippen molar-refractivity contribution in [2.45, 2.75) is 12.2 Å². The molecule has 0 bridgehead atoms. The van der Waals surface area contributed by atoms with E-state index < -0.39 is 35.2 Å². The molecule has 1 N–H and O–H groups in total. The molecule has 0 saturated carbocycles. The molecule has 9 heteroatoms. The normalized spacial score (nSPS) is 18.2. The summed E-state index contributed by atoms with van der Waals surface area (Å²) < 4.78 is 79.9. The smallest absolute Gasteiger partial charge is 0.314 e. The van der Waals surface area contributed by atoms with Crippen molar-refractivity contribution in [3.63, 3.8) is 0 Å². The lowest BCUT2D eigenvalue weighted by atomic mass is 10.0. The van der Waals surface area contributed by atoms with Crippen LogP contribution in [0.3, 0.4) is 0 Å². The molecule has 1 aliphatic heterocycles. The Labute approximate surface area is 123 Å². The minimum absolute atomic E-state index is 0. The quantitative estimate of drug-likeness (QED) is 0.660. The fraction of sp³-hybridized carbons (Fsp3) is 0.500. The molecule has 0 aromatic heterocycles. The van der Waals surface area contributed by atoms with Gasteiger partial charge in [0.1, 0.15) is 11.9 Å². The van der Waals surface area contributed by atoms with Crippen LogP contribution in [0, 0.1) is 17.5 Å². The lowest BCUT2D eigenvalue weighted by Crippen LogP contribution is -2.49. The molecular weight excluding hydrogens is 322 g/mol. The number of benzene rings is 1. The van der Waals surface area contributed by atoms with Crippen LogP contribution in [-0.4, -0.2) is 37.3 Å². The number of halogens is 7. The van der Waals surface area contributed by atoms with Crippen LogP contribution in [0.25, 0.3) is 0 Å². The zero-order chi connectivity index (χ0) is 14.9. The summed E-state index contributed by atoms with van der Waals surface area (Å²) in [5, 5.41) is 2.84. The van der Waals surface area contributed by atoms with Crippen molar-refractivity contribution in [1.29, 1.82) is 0 Å². The molecule has 1 aliphatic rings. The molecule has 21 heavy (non-hydrogen) atoms. The predicted molar refractivity (Wildman–Crippen MR) is 66.8 cm³/mol. The van der Waals surface area contributed by atoms with Gasteiger partial charge in [-0.2, -0.15) is 13.2 Å². The molecule has 0 radical (unpaired) electrons. The highest BCUT2D eigenvalue weighted by molar-refractivity contribution is 5.85. The number of alkyl halides is 3. The van der Waals surface area contributed by atoms with Crippen LogP contribution in [0.15, 0.2) is 12.1 Å². The van der Waals surface area contributed by atoms with Gasteiger partial charge in [-0.1, -0.05) is 0 Å². The zero-order valence-electron chi connectivity index (χ0n) is 10.7. The fourth-order valence-corrected chi connectivity index (χ4v) is 2.29. The van der Waals surface area contributed by atoms with Gasteiger partial charge in [-0.05, 0) is 12.1 Å². The molecular formula is C12H13ClF6N2. The number of piperazine rings is 1. The van der Waals surface area contributed by atoms with Gasteiger partial charge in [0, 0.05) is 26.2 Å². The third-order valence-corrected chi connectivity index (χ3v) is 3.18. The van der Waals surface area contributed by atoms with Gasteiger partial charge in [-0.25, -0.2) is 13.2 Å². The molecule has 2 rings (SSSR count). The van der Waals surface area contributed by atoms with E-state index in [2.05, 4.69) is 5.32 Å². The zero-order valence-corrected chi connectivity index (χ0v) is 11.5. The van der Waals surface area contributed by atoms with Gasteiger partial charge >= 0.3 is 6.18 Å². The molecule has 2 nitrogen and oxygen atoms in total. The monoisotopic (exact) mass is 334 g/mol. The number of rotatable bonds is 2. The number of nitrogens with one attached hydrogen (secondary N) is 1. The second-order valence-electron chi connectivity index (χ2n) is 4.49. The molecule has 1 atom stereocenters. The maximum atomic E-state index is 13.6. The number of hydrogen-bond donors (Lipinski definition) is 1. The van der Waals surface area contributed by atoms with Crippen LogP contribution in [0.1, 0.15) is 11.6 Å². The largest absolute Gasteiger partial charge is 0.408 e. The first kappa shape index (κ1) is 18.1. The lowest BCUT2D eigenvalue weighted by molar-refractivity contribution is -0.189. The SMILES string of the molecule is Cl.Fc1ccc(F)c([C@H](N2CCNCC2)C(F)(F)F)c1F. The molecule has 1 saturated heterocycles. The molecule has 1 aromatic carbocycles. The van der Waals surface area contributed by atoms with E-state index in [4.69, 9.17) is 0 Å². The highest BCUT2D eigenvalue weighted by atomic mass is 35.5. The van der Waals surface area contributed by atoms with E-state index in [1.54, 1.807) is 0 Å². The second kappa shape index (κ2) is 6.85. The summed E-state index contributed by atoms with van der Waals surface area (Å²) in [4.78, 5) is 0.900. The first-order valence-electron chi connectivity index (χ1n) is 5.97. The van der Waals surface area contributed by atoms with Crippen molar-refractivity contribution >= 4 is 12.4 Å². The van der Waals surface area contributed by atoms with Gasteiger partial charge in [-0.3, -0.25) is 4.90 Å². The van der Waals surface area contributed by atoms with Gasteiger partial charge in [0.2, 0.25) is 0 Å². The average molecular weight is 335 g/mol. The average Bonchev–Trinajstić information content (AvgIpc) is 2.39. The van der Waals surface area contributed by atoms with Crippen LogP contribution in [0.2, 0.25) is 0 Å². The minimum atomic E-state index is -4.90. The van der Waals surface area contributed by atoms with E-state index in [9.17, 15) is 26.3 Å². The standard InChI is InChI=1S/C12H12F6N2.ClH/c13-7-1-2-8(14)10(15)9(7)11(12(16,17)18)20-5-3-19-4-6-20;/h1-2,11,19H,3-6H2;1H/t11-;/m0./s1. The van der Waals surface area contributed by atoms with Crippen LogP contribution in [-0.2, 0) is 0 Å². The number of hydrogen-bond acceptors (Lipinski definition) is 2. The highest BCUT2D eigenvalue weighted by Crippen LogP contribution is 2.40. The highest BCUT2D eigenvalue weighted by Gasteiger charge is 2.48. The third kappa shape index (κ3) is 3.81. The summed E-state index contributed by atoms with van der Waals surface area (Å²) in [7, 11) is 0. The summed E-state index contributed by atoms with van der Waals surface area (Å²) in [5.41, 5.74) is -1.28. The van der Waals surface area contributed by atoms with Crippen molar-refractivity contribution in [3.05, 3.63) is 35.1 Å². The van der Waals surface area contributed by atoms with E-state index >= 15 is 0 Å². The molecule has 1 fully saturated rings. The van der Waals surface area contributed by atoms with Crippen LogP contribution in [0.4, 0.5) is 26.3 Å². The van der Waals surface area contributed by atoms with Gasteiger partial charge < -0.3 is 5.32 Å². The van der Waals surface area contributed by atoms with Gasteiger partial charge in [0.05, 0.1) is 5.56 Å². The summed E-state index contributed by atoms with van der Waals surface area (Å²) in [5.74, 6) is -4.68. The Morgan fingerprint density at radius 2 is 1.52 bits per heavy atom. The van der Waals surface area contributed by atoms with Crippen molar-refractivity contribution in [2.24, 2.45) is 0 Å². The van der Waals surface area contributed by atoms with E-state index in [1.807, 2.05) is 0 Å². The Balaban J connectivity index is 0.00000220. The summed E-state index contributed by atoms with van der Waals surface area (Å²) in [6.07, 6.45) is -4.90. The van der Waals surface area contributed by atoms with E-state index in [-0.39, 0.29) is 38.6 Å². The molecule has 120 valence electrons. The topological polar surface area (TPSA) is 15.3 Å². The molecule has 0 aliphatic carbocycles. The Hall–Kier alpha value is -0.990. The molecule has 0 amide bonds. The maximum absolute atomic E-state index is 13.6. The van der Waals surface area contributed by atoms with Gasteiger partial charge in [-0.15, -0.1) is 12.4 Å². The number of nitrogens with zero attached hydrogens (tertiary/aromatic N) is 1. The van der Waals surface area contributed by atoms with E-state index in [0.717, 1.165) is 4.90 Å². The molecule has 0 unspecified atom stereocenters. The lowest BCUT2D eigenvalue weighted by Gasteiger charge is -2.36. The first-order valence-corrected chi connectivity index (χ1v) is 5.97. The van der Waals surface area contributed by atoms with Crippen molar-refractivity contribution < 1.29 is 26.3 Å². The van der Waals surface area contributed by atoms with Crippen molar-refractivity contribution in [1.82, 2.24) is 10.2 Å². The Morgan fingerprint density at radius 3 is 2.05 bits per heavy atom. The first-order chi connectivity index (χ1) is 9.32. The Bertz CT molecular complexity index is 487. The van der Waals surface area contributed by atoms with Crippen LogP contribution < -0.4 is 5.32 Å². The second-order valence-corrected chi connectivity index (χ2v) is 4.49. The van der Waals surface area contributed by atoms with Crippen molar-refractivity contribution in [3.8, 4) is 0 Å². The maximum Gasteiger partial charge on any atom is 0.408 e. The predicted octanol–water partition coefficient (Wildman–Crippen LogP) is 3.03. The molecule has 0 spiro atoms. The summed E-state index contributed by atoms with van der Waals surface area (Å²) in [6, 6.07) is -1.51. The van der Waals surface area contributed by atoms with Crippen LogP contribution in [0.5, 0.6) is 0 Å². The van der Waals surface area contributed by atoms with Crippen LogP contribution >= 0.6 is 12.4 Å².